The molecule has 1 aromatic heterocycles. The fraction of sp³-hybridized carbons (Fsp3) is 0.0833. The Bertz CT molecular complexity index is 698. The van der Waals surface area contributed by atoms with Crippen molar-refractivity contribution in [2.24, 2.45) is 0 Å². The Labute approximate surface area is 125 Å². The van der Waals surface area contributed by atoms with Gasteiger partial charge < -0.3 is 4.74 Å². The average Bonchev–Trinajstić information content (AvgIpc) is 2.41. The van der Waals surface area contributed by atoms with E-state index in [4.69, 9.17) is 0 Å². The first-order valence-electron chi connectivity index (χ1n) is 5.16. The summed E-state index contributed by atoms with van der Waals surface area (Å²) < 4.78 is 7.59. The van der Waals surface area contributed by atoms with E-state index >= 15 is 0 Å². The molecule has 0 aliphatic rings. The van der Waals surface area contributed by atoms with E-state index in [0.29, 0.717) is 5.69 Å². The van der Waals surface area contributed by atoms with Crippen LogP contribution >= 0.6 is 31.9 Å². The summed E-state index contributed by atoms with van der Waals surface area (Å²) in [6, 6.07) is 6.77. The van der Waals surface area contributed by atoms with Crippen molar-refractivity contribution in [3.8, 4) is 5.69 Å². The topological polar surface area (TPSA) is 61.2 Å². The number of benzene rings is 1. The summed E-state index contributed by atoms with van der Waals surface area (Å²) in [5.41, 5.74) is -0.0365. The predicted octanol–water partition coefficient (Wildman–Crippen LogP) is 2.54. The largest absolute Gasteiger partial charge is 0.464 e. The number of carbonyl (C=O) groups is 1. The summed E-state index contributed by atoms with van der Waals surface area (Å²) in [6.45, 7) is 0. The highest BCUT2D eigenvalue weighted by molar-refractivity contribution is 9.11. The zero-order valence-corrected chi connectivity index (χ0v) is 12.9. The Morgan fingerprint density at radius 2 is 2.05 bits per heavy atom. The second kappa shape index (κ2) is 5.66. The number of hydrogen-bond donors (Lipinski definition) is 0. The molecule has 2 aromatic rings. The summed E-state index contributed by atoms with van der Waals surface area (Å²) in [6.07, 6.45) is 1.49. The molecular weight excluding hydrogens is 380 g/mol. The van der Waals surface area contributed by atoms with Crippen LogP contribution in [0.1, 0.15) is 10.5 Å². The van der Waals surface area contributed by atoms with Crippen LogP contribution < -0.4 is 5.43 Å². The van der Waals surface area contributed by atoms with Crippen molar-refractivity contribution in [1.82, 2.24) is 9.78 Å². The lowest BCUT2D eigenvalue weighted by Gasteiger charge is -2.09. The fourth-order valence-electron chi connectivity index (χ4n) is 1.44. The van der Waals surface area contributed by atoms with Crippen molar-refractivity contribution >= 4 is 37.8 Å². The van der Waals surface area contributed by atoms with Crippen LogP contribution in [0.4, 0.5) is 0 Å². The zero-order chi connectivity index (χ0) is 14.0. The quantitative estimate of drug-likeness (QED) is 0.743. The first-order valence-corrected chi connectivity index (χ1v) is 6.75. The lowest BCUT2D eigenvalue weighted by atomic mass is 10.3. The monoisotopic (exact) mass is 386 g/mol. The number of methoxy groups -OCH3 is 1. The van der Waals surface area contributed by atoms with Crippen LogP contribution in [0.15, 0.2) is 44.2 Å². The summed E-state index contributed by atoms with van der Waals surface area (Å²) in [4.78, 5) is 23.0. The maximum atomic E-state index is 11.6. The molecule has 2 rings (SSSR count). The predicted molar refractivity (Wildman–Crippen MR) is 76.6 cm³/mol. The third-order valence-corrected chi connectivity index (χ3v) is 3.51. The van der Waals surface area contributed by atoms with Crippen molar-refractivity contribution < 1.29 is 9.53 Å². The molecule has 98 valence electrons. The molecule has 19 heavy (non-hydrogen) atoms. The van der Waals surface area contributed by atoms with Gasteiger partial charge in [-0.25, -0.2) is 9.48 Å². The number of aromatic nitrogens is 2. The van der Waals surface area contributed by atoms with E-state index in [-0.39, 0.29) is 5.69 Å². The number of carbonyl (C=O) groups excluding carboxylic acids is 1. The van der Waals surface area contributed by atoms with Gasteiger partial charge in [0.15, 0.2) is 0 Å². The lowest BCUT2D eigenvalue weighted by molar-refractivity contribution is 0.0590. The normalized spacial score (nSPS) is 10.3. The molecule has 0 saturated heterocycles. The van der Waals surface area contributed by atoms with E-state index in [1.807, 2.05) is 18.2 Å². The van der Waals surface area contributed by atoms with Crippen molar-refractivity contribution in [2.75, 3.05) is 7.11 Å². The van der Waals surface area contributed by atoms with Gasteiger partial charge in [-0.2, -0.15) is 5.10 Å². The molecule has 0 aliphatic heterocycles. The average molecular weight is 388 g/mol. The van der Waals surface area contributed by atoms with Gasteiger partial charge in [0.25, 0.3) is 0 Å². The Kier molecular flexibility index (Phi) is 4.16. The lowest BCUT2D eigenvalue weighted by Crippen LogP contribution is -2.21. The highest BCUT2D eigenvalue weighted by Gasteiger charge is 2.14. The Hall–Kier alpha value is -1.47. The maximum Gasteiger partial charge on any atom is 0.362 e. The van der Waals surface area contributed by atoms with Crippen LogP contribution in [0.5, 0.6) is 0 Å². The summed E-state index contributed by atoms with van der Waals surface area (Å²) >= 11 is 6.74. The van der Waals surface area contributed by atoms with Crippen LogP contribution in [0, 0.1) is 0 Å². The molecule has 0 radical (unpaired) electrons. The van der Waals surface area contributed by atoms with Gasteiger partial charge in [0.05, 0.1) is 12.8 Å². The molecule has 1 aromatic carbocycles. The smallest absolute Gasteiger partial charge is 0.362 e. The van der Waals surface area contributed by atoms with Gasteiger partial charge in [-0.05, 0) is 34.1 Å². The molecule has 0 aliphatic carbocycles. The second-order valence-corrected chi connectivity index (χ2v) is 5.33. The van der Waals surface area contributed by atoms with E-state index in [1.54, 1.807) is 0 Å². The molecule has 0 unspecified atom stereocenters. The van der Waals surface area contributed by atoms with Gasteiger partial charge in [-0.3, -0.25) is 4.79 Å². The Morgan fingerprint density at radius 3 is 2.74 bits per heavy atom. The molecule has 0 atom stereocenters. The van der Waals surface area contributed by atoms with Gasteiger partial charge in [-0.1, -0.05) is 15.9 Å². The van der Waals surface area contributed by atoms with E-state index < -0.39 is 11.4 Å². The minimum Gasteiger partial charge on any atom is -0.464 e. The van der Waals surface area contributed by atoms with Crippen LogP contribution in [0.3, 0.4) is 0 Å². The van der Waals surface area contributed by atoms with Crippen molar-refractivity contribution in [2.45, 2.75) is 0 Å². The third-order valence-electron chi connectivity index (χ3n) is 2.34. The van der Waals surface area contributed by atoms with Crippen LogP contribution in [-0.4, -0.2) is 22.9 Å². The highest BCUT2D eigenvalue weighted by Crippen LogP contribution is 2.24. The summed E-state index contributed by atoms with van der Waals surface area (Å²) in [7, 11) is 1.20. The molecule has 0 fully saturated rings. The fourth-order valence-corrected chi connectivity index (χ4v) is 2.22. The summed E-state index contributed by atoms with van der Waals surface area (Å²) in [5, 5.41) is 3.99. The molecule has 1 heterocycles. The van der Waals surface area contributed by atoms with Crippen molar-refractivity contribution in [1.29, 1.82) is 0 Å². The SMILES string of the molecule is COC(=O)c1nn(-c2cc(Br)ccc2Br)ccc1=O. The van der Waals surface area contributed by atoms with E-state index in [2.05, 4.69) is 41.7 Å². The van der Waals surface area contributed by atoms with Crippen molar-refractivity contribution in [3.05, 3.63) is 55.3 Å². The van der Waals surface area contributed by atoms with E-state index in [1.165, 1.54) is 24.1 Å². The number of hydrogen-bond acceptors (Lipinski definition) is 4. The number of rotatable bonds is 2. The highest BCUT2D eigenvalue weighted by atomic mass is 79.9. The first-order chi connectivity index (χ1) is 9.02. The number of ether oxygens (including phenoxy) is 1. The first kappa shape index (κ1) is 14.0. The standard InChI is InChI=1S/C12H8Br2N2O3/c1-19-12(18)11-10(17)4-5-16(15-11)9-6-7(13)2-3-8(9)14/h2-6H,1H3. The van der Waals surface area contributed by atoms with Crippen LogP contribution in [-0.2, 0) is 4.74 Å². The second-order valence-electron chi connectivity index (χ2n) is 3.56. The molecule has 7 heteroatoms. The maximum absolute atomic E-state index is 11.6. The van der Waals surface area contributed by atoms with Gasteiger partial charge in [0.1, 0.15) is 0 Å². The van der Waals surface area contributed by atoms with Crippen LogP contribution in [0.2, 0.25) is 0 Å². The molecule has 0 bridgehead atoms. The van der Waals surface area contributed by atoms with E-state index in [0.717, 1.165) is 8.95 Å². The van der Waals surface area contributed by atoms with Crippen LogP contribution in [0.25, 0.3) is 5.69 Å². The van der Waals surface area contributed by atoms with Crippen molar-refractivity contribution in [3.63, 3.8) is 0 Å². The number of nitrogens with zero attached hydrogens (tertiary/aromatic N) is 2. The van der Waals surface area contributed by atoms with Gasteiger partial charge in [-0.15, -0.1) is 0 Å². The minimum absolute atomic E-state index is 0.253. The van der Waals surface area contributed by atoms with Gasteiger partial charge in [0, 0.05) is 21.2 Å². The minimum atomic E-state index is -0.759. The Balaban J connectivity index is 2.61. The number of esters is 1. The molecular formula is C12H8Br2N2O3. The van der Waals surface area contributed by atoms with Gasteiger partial charge >= 0.3 is 5.97 Å². The Morgan fingerprint density at radius 1 is 1.32 bits per heavy atom. The molecule has 0 spiro atoms. The summed E-state index contributed by atoms with van der Waals surface area (Å²) in [5.74, 6) is -0.759. The third kappa shape index (κ3) is 2.93. The van der Waals surface area contributed by atoms with Gasteiger partial charge in [0.2, 0.25) is 11.1 Å². The number of halogens is 2. The molecule has 0 saturated carbocycles. The molecule has 0 N–H and O–H groups in total. The zero-order valence-electron chi connectivity index (χ0n) is 9.76. The molecule has 0 amide bonds. The molecule has 5 nitrogen and oxygen atoms in total. The van der Waals surface area contributed by atoms with E-state index in [9.17, 15) is 9.59 Å².